The SMILES string of the molecule is CCOc1ccccc1Nc1nccc(N(CC)Cc2ccccc2)n1. The normalized spacial score (nSPS) is 10.4. The molecule has 0 spiro atoms. The molecule has 26 heavy (non-hydrogen) atoms. The molecule has 0 unspecified atom stereocenters. The summed E-state index contributed by atoms with van der Waals surface area (Å²) < 4.78 is 5.66. The summed E-state index contributed by atoms with van der Waals surface area (Å²) in [6, 6.07) is 20.1. The first-order valence-corrected chi connectivity index (χ1v) is 8.91. The summed E-state index contributed by atoms with van der Waals surface area (Å²) in [6.07, 6.45) is 1.78. The number of rotatable bonds is 8. The Morgan fingerprint density at radius 3 is 2.50 bits per heavy atom. The Hall–Kier alpha value is -3.08. The molecule has 0 atom stereocenters. The summed E-state index contributed by atoms with van der Waals surface area (Å²) in [6.45, 7) is 6.38. The van der Waals surface area contributed by atoms with Crippen LogP contribution in [-0.4, -0.2) is 23.1 Å². The number of anilines is 3. The molecule has 0 bridgehead atoms. The predicted octanol–water partition coefficient (Wildman–Crippen LogP) is 4.65. The fraction of sp³-hybridized carbons (Fsp3) is 0.238. The van der Waals surface area contributed by atoms with Gasteiger partial charge in [-0.2, -0.15) is 4.98 Å². The van der Waals surface area contributed by atoms with Crippen molar-refractivity contribution in [3.63, 3.8) is 0 Å². The van der Waals surface area contributed by atoms with E-state index in [0.29, 0.717) is 12.6 Å². The van der Waals surface area contributed by atoms with E-state index in [9.17, 15) is 0 Å². The monoisotopic (exact) mass is 348 g/mol. The molecule has 0 saturated heterocycles. The van der Waals surface area contributed by atoms with Crippen LogP contribution in [0.25, 0.3) is 0 Å². The van der Waals surface area contributed by atoms with Crippen molar-refractivity contribution in [1.29, 1.82) is 0 Å². The molecule has 0 fully saturated rings. The van der Waals surface area contributed by atoms with Crippen LogP contribution in [0.5, 0.6) is 5.75 Å². The first-order chi connectivity index (χ1) is 12.8. The summed E-state index contributed by atoms with van der Waals surface area (Å²) in [4.78, 5) is 11.3. The molecule has 0 amide bonds. The lowest BCUT2D eigenvalue weighted by Gasteiger charge is -2.22. The minimum absolute atomic E-state index is 0.557. The molecule has 0 aliphatic rings. The van der Waals surface area contributed by atoms with E-state index in [2.05, 4.69) is 51.4 Å². The maximum atomic E-state index is 5.66. The first kappa shape index (κ1) is 17.7. The molecule has 3 aromatic rings. The molecule has 1 heterocycles. The Bertz CT molecular complexity index is 823. The van der Waals surface area contributed by atoms with Crippen LogP contribution < -0.4 is 15.0 Å². The molecule has 5 nitrogen and oxygen atoms in total. The van der Waals surface area contributed by atoms with E-state index in [1.165, 1.54) is 5.56 Å². The average Bonchev–Trinajstić information content (AvgIpc) is 2.69. The van der Waals surface area contributed by atoms with E-state index >= 15 is 0 Å². The van der Waals surface area contributed by atoms with E-state index in [-0.39, 0.29) is 0 Å². The zero-order chi connectivity index (χ0) is 18.2. The number of para-hydroxylation sites is 2. The van der Waals surface area contributed by atoms with Gasteiger partial charge in [-0.1, -0.05) is 42.5 Å². The van der Waals surface area contributed by atoms with Gasteiger partial charge in [-0.3, -0.25) is 0 Å². The van der Waals surface area contributed by atoms with E-state index in [0.717, 1.165) is 30.3 Å². The standard InChI is InChI=1S/C21H24N4O/c1-3-25(16-17-10-6-5-7-11-17)20-14-15-22-21(24-20)23-18-12-8-9-13-19(18)26-4-2/h5-15H,3-4,16H2,1-2H3,(H,22,23,24). The van der Waals surface area contributed by atoms with Crippen LogP contribution in [0, 0.1) is 0 Å². The number of hydrogen-bond donors (Lipinski definition) is 1. The molecule has 0 aliphatic heterocycles. The zero-order valence-electron chi connectivity index (χ0n) is 15.2. The number of nitrogens with zero attached hydrogens (tertiary/aromatic N) is 3. The summed E-state index contributed by atoms with van der Waals surface area (Å²) >= 11 is 0. The van der Waals surface area contributed by atoms with E-state index in [4.69, 9.17) is 4.74 Å². The number of hydrogen-bond acceptors (Lipinski definition) is 5. The topological polar surface area (TPSA) is 50.3 Å². The summed E-state index contributed by atoms with van der Waals surface area (Å²) in [5.74, 6) is 2.24. The van der Waals surface area contributed by atoms with Gasteiger partial charge in [0, 0.05) is 19.3 Å². The van der Waals surface area contributed by atoms with Gasteiger partial charge in [0.1, 0.15) is 11.6 Å². The summed E-state index contributed by atoms with van der Waals surface area (Å²) in [7, 11) is 0. The van der Waals surface area contributed by atoms with Crippen molar-refractivity contribution in [1.82, 2.24) is 9.97 Å². The number of ether oxygens (including phenoxy) is 1. The van der Waals surface area contributed by atoms with Crippen LogP contribution in [0.1, 0.15) is 19.4 Å². The minimum Gasteiger partial charge on any atom is -0.492 e. The molecule has 0 aliphatic carbocycles. The largest absolute Gasteiger partial charge is 0.492 e. The van der Waals surface area contributed by atoms with Gasteiger partial charge in [0.05, 0.1) is 12.3 Å². The quantitative estimate of drug-likeness (QED) is 0.642. The second-order valence-electron chi connectivity index (χ2n) is 5.79. The highest BCUT2D eigenvalue weighted by Gasteiger charge is 2.10. The average molecular weight is 348 g/mol. The van der Waals surface area contributed by atoms with Crippen molar-refractivity contribution in [2.45, 2.75) is 20.4 Å². The third kappa shape index (κ3) is 4.51. The van der Waals surface area contributed by atoms with Gasteiger partial charge in [-0.15, -0.1) is 0 Å². The van der Waals surface area contributed by atoms with Crippen molar-refractivity contribution < 1.29 is 4.74 Å². The van der Waals surface area contributed by atoms with E-state index < -0.39 is 0 Å². The van der Waals surface area contributed by atoms with Gasteiger partial charge in [-0.25, -0.2) is 4.98 Å². The molecular weight excluding hydrogens is 324 g/mol. The van der Waals surface area contributed by atoms with Crippen LogP contribution in [0.3, 0.4) is 0 Å². The maximum absolute atomic E-state index is 5.66. The Labute approximate surface area is 154 Å². The molecule has 2 aromatic carbocycles. The van der Waals surface area contributed by atoms with E-state index in [1.807, 2.05) is 43.3 Å². The molecule has 0 saturated carbocycles. The lowest BCUT2D eigenvalue weighted by atomic mass is 10.2. The zero-order valence-corrected chi connectivity index (χ0v) is 15.2. The molecule has 5 heteroatoms. The van der Waals surface area contributed by atoms with Crippen LogP contribution in [-0.2, 0) is 6.54 Å². The second kappa shape index (κ2) is 8.85. The predicted molar refractivity (Wildman–Crippen MR) is 106 cm³/mol. The maximum Gasteiger partial charge on any atom is 0.229 e. The first-order valence-electron chi connectivity index (χ1n) is 8.91. The minimum atomic E-state index is 0.557. The molecule has 134 valence electrons. The van der Waals surface area contributed by atoms with Gasteiger partial charge in [0.15, 0.2) is 0 Å². The number of aromatic nitrogens is 2. The fourth-order valence-corrected chi connectivity index (χ4v) is 2.72. The Morgan fingerprint density at radius 1 is 0.962 bits per heavy atom. The smallest absolute Gasteiger partial charge is 0.229 e. The highest BCUT2D eigenvalue weighted by molar-refractivity contribution is 5.63. The third-order valence-corrected chi connectivity index (χ3v) is 4.00. The van der Waals surface area contributed by atoms with Gasteiger partial charge < -0.3 is 15.0 Å². The van der Waals surface area contributed by atoms with Crippen molar-refractivity contribution in [2.24, 2.45) is 0 Å². The number of nitrogens with one attached hydrogen (secondary N) is 1. The van der Waals surface area contributed by atoms with Crippen LogP contribution >= 0.6 is 0 Å². The van der Waals surface area contributed by atoms with Crippen molar-refractivity contribution in [2.75, 3.05) is 23.4 Å². The second-order valence-corrected chi connectivity index (χ2v) is 5.79. The van der Waals surface area contributed by atoms with Gasteiger partial charge >= 0.3 is 0 Å². The van der Waals surface area contributed by atoms with Gasteiger partial charge in [0.2, 0.25) is 5.95 Å². The van der Waals surface area contributed by atoms with Crippen LogP contribution in [0.2, 0.25) is 0 Å². The van der Waals surface area contributed by atoms with Crippen molar-refractivity contribution >= 4 is 17.5 Å². The third-order valence-electron chi connectivity index (χ3n) is 4.00. The van der Waals surface area contributed by atoms with Crippen molar-refractivity contribution in [3.8, 4) is 5.75 Å². The molecular formula is C21H24N4O. The molecule has 3 rings (SSSR count). The molecule has 1 aromatic heterocycles. The summed E-state index contributed by atoms with van der Waals surface area (Å²) in [5.41, 5.74) is 2.11. The van der Waals surface area contributed by atoms with Crippen molar-refractivity contribution in [3.05, 3.63) is 72.4 Å². The lowest BCUT2D eigenvalue weighted by Crippen LogP contribution is -2.23. The van der Waals surface area contributed by atoms with E-state index in [1.54, 1.807) is 6.20 Å². The molecule has 1 N–H and O–H groups in total. The Balaban J connectivity index is 1.79. The Morgan fingerprint density at radius 2 is 1.73 bits per heavy atom. The lowest BCUT2D eigenvalue weighted by molar-refractivity contribution is 0.342. The fourth-order valence-electron chi connectivity index (χ4n) is 2.72. The highest BCUT2D eigenvalue weighted by atomic mass is 16.5. The van der Waals surface area contributed by atoms with Crippen LogP contribution in [0.4, 0.5) is 17.5 Å². The van der Waals surface area contributed by atoms with Crippen LogP contribution in [0.15, 0.2) is 66.9 Å². The molecule has 0 radical (unpaired) electrons. The van der Waals surface area contributed by atoms with Gasteiger partial charge in [-0.05, 0) is 37.6 Å². The number of benzene rings is 2. The summed E-state index contributed by atoms with van der Waals surface area (Å²) in [5, 5.41) is 3.27. The Kier molecular flexibility index (Phi) is 6.04. The van der Waals surface area contributed by atoms with Gasteiger partial charge in [0.25, 0.3) is 0 Å². The highest BCUT2D eigenvalue weighted by Crippen LogP contribution is 2.26.